The van der Waals surface area contributed by atoms with Crippen LogP contribution in [0.5, 0.6) is 0 Å². The first-order valence-corrected chi connectivity index (χ1v) is 10.0. The number of hydrogen-bond acceptors (Lipinski definition) is 5. The molecule has 1 atom stereocenters. The number of nitrogens with zero attached hydrogens (tertiary/aromatic N) is 3. The van der Waals surface area contributed by atoms with Crippen LogP contribution in [0.15, 0.2) is 30.5 Å². The number of benzene rings is 1. The molecule has 2 aliphatic rings. The van der Waals surface area contributed by atoms with Crippen molar-refractivity contribution in [1.29, 1.82) is 0 Å². The van der Waals surface area contributed by atoms with E-state index >= 15 is 0 Å². The lowest BCUT2D eigenvalue weighted by Gasteiger charge is -2.35. The molecule has 2 saturated heterocycles. The molecule has 1 aromatic heterocycles. The summed E-state index contributed by atoms with van der Waals surface area (Å²) in [6.07, 6.45) is 4.89. The molecular weight excluding hydrogens is 334 g/mol. The molecule has 132 valence electrons. The summed E-state index contributed by atoms with van der Waals surface area (Å²) in [5.41, 5.74) is 2.54. The highest BCUT2D eigenvalue weighted by Crippen LogP contribution is 2.28. The van der Waals surface area contributed by atoms with Gasteiger partial charge in [0.15, 0.2) is 0 Å². The minimum atomic E-state index is 0.112. The number of likely N-dealkylation sites (tertiary alicyclic amines) is 1. The second-order valence-electron chi connectivity index (χ2n) is 6.75. The highest BCUT2D eigenvalue weighted by atomic mass is 32.2. The van der Waals surface area contributed by atoms with Crippen LogP contribution < -0.4 is 5.32 Å². The van der Waals surface area contributed by atoms with Crippen LogP contribution in [0, 0.1) is 5.92 Å². The molecule has 1 amide bonds. The maximum atomic E-state index is 12.6. The Labute approximate surface area is 151 Å². The number of amides is 1. The monoisotopic (exact) mass is 357 g/mol. The van der Waals surface area contributed by atoms with Gasteiger partial charge in [-0.1, -0.05) is 12.1 Å². The maximum Gasteiger partial charge on any atom is 0.227 e. The molecule has 2 fully saturated rings. The van der Waals surface area contributed by atoms with Gasteiger partial charge in [-0.25, -0.2) is 0 Å². The van der Waals surface area contributed by atoms with Gasteiger partial charge in [0.2, 0.25) is 5.91 Å². The van der Waals surface area contributed by atoms with Crippen molar-refractivity contribution in [2.75, 3.05) is 29.9 Å². The van der Waals surface area contributed by atoms with Crippen molar-refractivity contribution in [3.63, 3.8) is 0 Å². The second kappa shape index (κ2) is 7.58. The van der Waals surface area contributed by atoms with Crippen molar-refractivity contribution < 1.29 is 4.79 Å². The van der Waals surface area contributed by atoms with Crippen LogP contribution in [0.3, 0.4) is 0 Å². The zero-order chi connectivity index (χ0) is 17.1. The molecule has 3 heterocycles. The van der Waals surface area contributed by atoms with Crippen molar-refractivity contribution in [3.05, 3.63) is 30.5 Å². The number of rotatable bonds is 4. The van der Waals surface area contributed by atoms with E-state index in [2.05, 4.69) is 37.4 Å². The number of thioether (sulfide) groups is 1. The average Bonchev–Trinajstić information content (AvgIpc) is 3.36. The Morgan fingerprint density at radius 3 is 2.88 bits per heavy atom. The van der Waals surface area contributed by atoms with Gasteiger partial charge in [0.1, 0.15) is 5.69 Å². The van der Waals surface area contributed by atoms with E-state index in [4.69, 9.17) is 0 Å². The molecule has 2 aliphatic heterocycles. The minimum absolute atomic E-state index is 0.112. The molecule has 1 aromatic carbocycles. The lowest BCUT2D eigenvalue weighted by molar-refractivity contribution is -0.121. The lowest BCUT2D eigenvalue weighted by Crippen LogP contribution is -2.43. The van der Waals surface area contributed by atoms with Gasteiger partial charge in [0.05, 0.1) is 6.20 Å². The van der Waals surface area contributed by atoms with Crippen LogP contribution in [0.25, 0.3) is 11.3 Å². The van der Waals surface area contributed by atoms with Crippen LogP contribution >= 0.6 is 11.8 Å². The highest BCUT2D eigenvalue weighted by molar-refractivity contribution is 7.99. The van der Waals surface area contributed by atoms with Gasteiger partial charge in [0, 0.05) is 29.0 Å². The Morgan fingerprint density at radius 1 is 1.28 bits per heavy atom. The van der Waals surface area contributed by atoms with E-state index in [9.17, 15) is 4.79 Å². The van der Waals surface area contributed by atoms with E-state index < -0.39 is 0 Å². The van der Waals surface area contributed by atoms with Crippen molar-refractivity contribution >= 4 is 23.4 Å². The third-order valence-corrected chi connectivity index (χ3v) is 6.31. The Hall–Kier alpha value is -1.86. The molecule has 6 nitrogen and oxygen atoms in total. The van der Waals surface area contributed by atoms with Gasteiger partial charge in [-0.2, -0.15) is 27.2 Å². The standard InChI is InChI=1S/C18H23N5OS/c24-18(13-4-7-23(8-5-13)16-6-9-25-12-16)20-15-3-1-2-14(10-15)17-11-19-22-21-17/h1-3,10-11,13,16H,4-9,12H2,(H,20,24)(H,19,21,22). The van der Waals surface area contributed by atoms with E-state index in [0.717, 1.165) is 48.9 Å². The Morgan fingerprint density at radius 2 is 2.16 bits per heavy atom. The first-order chi connectivity index (χ1) is 12.3. The summed E-state index contributed by atoms with van der Waals surface area (Å²) in [6.45, 7) is 2.09. The van der Waals surface area contributed by atoms with Gasteiger partial charge in [0.25, 0.3) is 0 Å². The van der Waals surface area contributed by atoms with Crippen LogP contribution in [0.2, 0.25) is 0 Å². The van der Waals surface area contributed by atoms with E-state index in [0.29, 0.717) is 0 Å². The summed E-state index contributed by atoms with van der Waals surface area (Å²) in [6, 6.07) is 8.49. The predicted octanol–water partition coefficient (Wildman–Crippen LogP) is 2.63. The number of H-pyrrole nitrogens is 1. The van der Waals surface area contributed by atoms with E-state index in [1.165, 1.54) is 17.9 Å². The number of aromatic nitrogens is 3. The van der Waals surface area contributed by atoms with Crippen LogP contribution in [0.4, 0.5) is 5.69 Å². The van der Waals surface area contributed by atoms with E-state index in [1.807, 2.05) is 24.3 Å². The highest BCUT2D eigenvalue weighted by Gasteiger charge is 2.30. The molecule has 2 N–H and O–H groups in total. The summed E-state index contributed by atoms with van der Waals surface area (Å²) < 4.78 is 0. The average molecular weight is 357 g/mol. The first kappa shape index (κ1) is 16.6. The molecular formula is C18H23N5OS. The molecule has 2 aromatic rings. The Balaban J connectivity index is 1.34. The van der Waals surface area contributed by atoms with E-state index in [1.54, 1.807) is 6.20 Å². The fourth-order valence-corrected chi connectivity index (χ4v) is 4.93. The largest absolute Gasteiger partial charge is 0.326 e. The van der Waals surface area contributed by atoms with Gasteiger partial charge < -0.3 is 5.32 Å². The van der Waals surface area contributed by atoms with Crippen LogP contribution in [0.1, 0.15) is 19.3 Å². The SMILES string of the molecule is O=C(Nc1cccc(-c2cn[nH]n2)c1)C1CCN(C2CCSC2)CC1. The quantitative estimate of drug-likeness (QED) is 0.880. The first-order valence-electron chi connectivity index (χ1n) is 8.88. The lowest BCUT2D eigenvalue weighted by atomic mass is 9.94. The van der Waals surface area contributed by atoms with Crippen molar-refractivity contribution in [2.24, 2.45) is 5.92 Å². The molecule has 7 heteroatoms. The van der Waals surface area contributed by atoms with Crippen molar-refractivity contribution in [3.8, 4) is 11.3 Å². The van der Waals surface area contributed by atoms with Gasteiger partial charge in [-0.15, -0.1) is 0 Å². The number of aromatic amines is 1. The summed E-state index contributed by atoms with van der Waals surface area (Å²) in [7, 11) is 0. The van der Waals surface area contributed by atoms with Gasteiger partial charge >= 0.3 is 0 Å². The fourth-order valence-electron chi connectivity index (χ4n) is 3.68. The molecule has 4 rings (SSSR count). The van der Waals surface area contributed by atoms with E-state index in [-0.39, 0.29) is 11.8 Å². The minimum Gasteiger partial charge on any atom is -0.326 e. The van der Waals surface area contributed by atoms with Crippen molar-refractivity contribution in [1.82, 2.24) is 20.3 Å². The fraction of sp³-hybridized carbons (Fsp3) is 0.500. The number of anilines is 1. The second-order valence-corrected chi connectivity index (χ2v) is 7.90. The van der Waals surface area contributed by atoms with Crippen LogP contribution in [-0.4, -0.2) is 56.9 Å². The predicted molar refractivity (Wildman–Crippen MR) is 100 cm³/mol. The topological polar surface area (TPSA) is 73.9 Å². The molecule has 1 unspecified atom stereocenters. The molecule has 0 aliphatic carbocycles. The van der Waals surface area contributed by atoms with Crippen LogP contribution in [-0.2, 0) is 4.79 Å². The number of carbonyl (C=O) groups is 1. The molecule has 0 saturated carbocycles. The normalized spacial score (nSPS) is 22.2. The summed E-state index contributed by atoms with van der Waals surface area (Å²) >= 11 is 2.05. The molecule has 0 bridgehead atoms. The van der Waals surface area contributed by atoms with Crippen molar-refractivity contribution in [2.45, 2.75) is 25.3 Å². The molecule has 25 heavy (non-hydrogen) atoms. The zero-order valence-electron chi connectivity index (χ0n) is 14.1. The third-order valence-electron chi connectivity index (χ3n) is 5.16. The van der Waals surface area contributed by atoms with Gasteiger partial charge in [-0.05, 0) is 50.2 Å². The molecule has 0 radical (unpaired) electrons. The summed E-state index contributed by atoms with van der Waals surface area (Å²) in [5, 5.41) is 13.6. The molecule has 0 spiro atoms. The Bertz CT molecular complexity index is 706. The smallest absolute Gasteiger partial charge is 0.227 e. The number of hydrogen-bond donors (Lipinski definition) is 2. The summed E-state index contributed by atoms with van der Waals surface area (Å²) in [4.78, 5) is 15.2. The van der Waals surface area contributed by atoms with Gasteiger partial charge in [-0.3, -0.25) is 9.69 Å². The maximum absolute atomic E-state index is 12.6. The Kier molecular flexibility index (Phi) is 5.03. The number of nitrogens with one attached hydrogen (secondary N) is 2. The summed E-state index contributed by atoms with van der Waals surface area (Å²) in [5.74, 6) is 2.79. The third kappa shape index (κ3) is 3.88. The zero-order valence-corrected chi connectivity index (χ0v) is 15.0. The number of piperidine rings is 1. The number of carbonyl (C=O) groups excluding carboxylic acids is 1.